The first-order valence-electron chi connectivity index (χ1n) is 12.8. The van der Waals surface area contributed by atoms with Crippen molar-refractivity contribution in [1.82, 2.24) is 4.90 Å². The maximum absolute atomic E-state index is 12.4. The average Bonchev–Trinajstić information content (AvgIpc) is 3.39. The standard InChI is InChI=1S/C26H38N2O5/c1-25-11-9-17(27-33-15-23(30)28-13-3-4-21(28)24(31)32)14-16(25)5-6-18-19-7-8-22(29)26(19,2)12-10-20(18)25/h14,18-22,29H,3-13,15H2,1-2H3,(H,31,32)/b27-17-/t18-,19-,20+,21+,22-,25-,26-/m0/s1. The summed E-state index contributed by atoms with van der Waals surface area (Å²) in [5, 5.41) is 24.2. The molecule has 1 heterocycles. The number of hydrogen-bond acceptors (Lipinski definition) is 5. The Morgan fingerprint density at radius 1 is 1.12 bits per heavy atom. The highest BCUT2D eigenvalue weighted by Crippen LogP contribution is 2.65. The van der Waals surface area contributed by atoms with E-state index in [0.717, 1.165) is 37.8 Å². The fraction of sp³-hybridized carbons (Fsp3) is 0.808. The van der Waals surface area contributed by atoms with Crippen LogP contribution in [-0.4, -0.2) is 58.0 Å². The van der Waals surface area contributed by atoms with Gasteiger partial charge in [0.15, 0.2) is 6.61 Å². The van der Waals surface area contributed by atoms with Gasteiger partial charge in [-0.05, 0) is 98.9 Å². The van der Waals surface area contributed by atoms with Gasteiger partial charge in [-0.15, -0.1) is 0 Å². The molecule has 4 fully saturated rings. The third kappa shape index (κ3) is 3.71. The summed E-state index contributed by atoms with van der Waals surface area (Å²) in [6.45, 7) is 5.02. The van der Waals surface area contributed by atoms with Crippen LogP contribution in [0.3, 0.4) is 0 Å². The van der Waals surface area contributed by atoms with E-state index >= 15 is 0 Å². The number of rotatable bonds is 4. The molecule has 182 valence electrons. The molecule has 0 aromatic carbocycles. The smallest absolute Gasteiger partial charge is 0.326 e. The topological polar surface area (TPSA) is 99.4 Å². The summed E-state index contributed by atoms with van der Waals surface area (Å²) in [4.78, 5) is 30.5. The number of carbonyl (C=O) groups excluding carboxylic acids is 1. The van der Waals surface area contributed by atoms with E-state index in [9.17, 15) is 19.8 Å². The van der Waals surface area contributed by atoms with Crippen molar-refractivity contribution in [1.29, 1.82) is 0 Å². The van der Waals surface area contributed by atoms with Crippen LogP contribution in [0.2, 0.25) is 0 Å². The first kappa shape index (κ1) is 22.9. The summed E-state index contributed by atoms with van der Waals surface area (Å²) in [5.74, 6) is 0.775. The molecule has 1 amide bonds. The first-order chi connectivity index (χ1) is 15.7. The Balaban J connectivity index is 1.24. The molecule has 5 rings (SSSR count). The van der Waals surface area contributed by atoms with Gasteiger partial charge in [0.2, 0.25) is 0 Å². The lowest BCUT2D eigenvalue weighted by molar-refractivity contribution is -0.150. The molecule has 5 aliphatic rings. The van der Waals surface area contributed by atoms with Gasteiger partial charge in [-0.3, -0.25) is 4.79 Å². The quantitative estimate of drug-likeness (QED) is 0.625. The van der Waals surface area contributed by atoms with Gasteiger partial charge in [-0.25, -0.2) is 4.79 Å². The van der Waals surface area contributed by atoms with Gasteiger partial charge >= 0.3 is 5.97 Å². The highest BCUT2D eigenvalue weighted by molar-refractivity contribution is 5.96. The minimum absolute atomic E-state index is 0.107. The van der Waals surface area contributed by atoms with Gasteiger partial charge in [-0.1, -0.05) is 24.6 Å². The molecule has 2 N–H and O–H groups in total. The average molecular weight is 459 g/mol. The molecule has 0 bridgehead atoms. The van der Waals surface area contributed by atoms with Gasteiger partial charge in [0.25, 0.3) is 5.91 Å². The molecule has 7 nitrogen and oxygen atoms in total. The summed E-state index contributed by atoms with van der Waals surface area (Å²) in [5.41, 5.74) is 2.66. The van der Waals surface area contributed by atoms with E-state index < -0.39 is 12.0 Å². The highest BCUT2D eigenvalue weighted by atomic mass is 16.6. The Kier molecular flexibility index (Phi) is 5.82. The van der Waals surface area contributed by atoms with Crippen molar-refractivity contribution in [3.63, 3.8) is 0 Å². The van der Waals surface area contributed by atoms with Crippen LogP contribution in [-0.2, 0) is 14.4 Å². The number of aliphatic carboxylic acids is 1. The van der Waals surface area contributed by atoms with E-state index in [1.54, 1.807) is 0 Å². The van der Waals surface area contributed by atoms with Gasteiger partial charge in [0.05, 0.1) is 11.8 Å². The largest absolute Gasteiger partial charge is 0.480 e. The second-order valence-corrected chi connectivity index (χ2v) is 11.6. The van der Waals surface area contributed by atoms with Gasteiger partial charge in [-0.2, -0.15) is 0 Å². The lowest BCUT2D eigenvalue weighted by Crippen LogP contribution is -2.51. The number of fused-ring (bicyclic) bond motifs is 5. The molecule has 0 unspecified atom stereocenters. The predicted molar refractivity (Wildman–Crippen MR) is 123 cm³/mol. The number of carboxylic acids is 1. The number of hydrogen-bond donors (Lipinski definition) is 2. The number of aliphatic hydroxyl groups excluding tert-OH is 1. The number of carboxylic acid groups (broad SMARTS) is 1. The molecule has 33 heavy (non-hydrogen) atoms. The fourth-order valence-corrected chi connectivity index (χ4v) is 8.19. The van der Waals surface area contributed by atoms with E-state index in [0.29, 0.717) is 37.1 Å². The summed E-state index contributed by atoms with van der Waals surface area (Å²) in [7, 11) is 0. The zero-order valence-electron chi connectivity index (χ0n) is 20.0. The van der Waals surface area contributed by atoms with Gasteiger partial charge in [0, 0.05) is 6.54 Å². The van der Waals surface area contributed by atoms with E-state index in [4.69, 9.17) is 4.84 Å². The minimum Gasteiger partial charge on any atom is -0.480 e. The van der Waals surface area contributed by atoms with Crippen molar-refractivity contribution in [2.45, 2.75) is 90.2 Å². The van der Waals surface area contributed by atoms with E-state index in [1.807, 2.05) is 0 Å². The van der Waals surface area contributed by atoms with Gasteiger partial charge < -0.3 is 20.0 Å². The Hall–Kier alpha value is -1.89. The summed E-state index contributed by atoms with van der Waals surface area (Å²) in [6.07, 6.45) is 11.9. The lowest BCUT2D eigenvalue weighted by Gasteiger charge is -2.57. The Morgan fingerprint density at radius 3 is 2.73 bits per heavy atom. The molecule has 7 atom stereocenters. The van der Waals surface area contributed by atoms with E-state index in [1.165, 1.54) is 29.7 Å². The second-order valence-electron chi connectivity index (χ2n) is 11.6. The highest BCUT2D eigenvalue weighted by Gasteiger charge is 2.58. The summed E-state index contributed by atoms with van der Waals surface area (Å²) < 4.78 is 0. The Morgan fingerprint density at radius 2 is 1.94 bits per heavy atom. The van der Waals surface area contributed by atoms with Crippen molar-refractivity contribution in [3.05, 3.63) is 11.6 Å². The maximum Gasteiger partial charge on any atom is 0.326 e. The number of amides is 1. The summed E-state index contributed by atoms with van der Waals surface area (Å²) in [6, 6.07) is -0.736. The Bertz CT molecular complexity index is 884. The van der Waals surface area contributed by atoms with Crippen LogP contribution >= 0.6 is 0 Å². The van der Waals surface area contributed by atoms with Crippen LogP contribution in [0, 0.1) is 28.6 Å². The third-order valence-corrected chi connectivity index (χ3v) is 10.2. The van der Waals surface area contributed by atoms with Gasteiger partial charge in [0.1, 0.15) is 6.04 Å². The van der Waals surface area contributed by atoms with Crippen molar-refractivity contribution in [3.8, 4) is 0 Å². The van der Waals surface area contributed by atoms with E-state index in [-0.39, 0.29) is 29.4 Å². The molecule has 1 aliphatic heterocycles. The van der Waals surface area contributed by atoms with Crippen LogP contribution in [0.5, 0.6) is 0 Å². The van der Waals surface area contributed by atoms with Crippen molar-refractivity contribution >= 4 is 17.6 Å². The second kappa shape index (κ2) is 8.40. The minimum atomic E-state index is -0.950. The molecular weight excluding hydrogens is 420 g/mol. The Labute approximate surface area is 196 Å². The van der Waals surface area contributed by atoms with Crippen LogP contribution in [0.15, 0.2) is 16.8 Å². The molecular formula is C26H38N2O5. The molecule has 0 radical (unpaired) electrons. The molecule has 7 heteroatoms. The van der Waals surface area contributed by atoms with Crippen LogP contribution in [0.4, 0.5) is 0 Å². The van der Waals surface area contributed by atoms with Crippen molar-refractivity contribution in [2.75, 3.05) is 13.2 Å². The molecule has 0 aromatic heterocycles. The zero-order chi connectivity index (χ0) is 23.4. The maximum atomic E-state index is 12.4. The molecule has 4 aliphatic carbocycles. The fourth-order valence-electron chi connectivity index (χ4n) is 8.19. The predicted octanol–water partition coefficient (Wildman–Crippen LogP) is 3.76. The number of nitrogens with zero attached hydrogens (tertiary/aromatic N) is 2. The monoisotopic (exact) mass is 458 g/mol. The van der Waals surface area contributed by atoms with Crippen molar-refractivity contribution < 1.29 is 24.6 Å². The molecule has 3 saturated carbocycles. The van der Waals surface area contributed by atoms with Crippen LogP contribution in [0.1, 0.15) is 78.1 Å². The molecule has 0 spiro atoms. The van der Waals surface area contributed by atoms with Crippen LogP contribution < -0.4 is 0 Å². The van der Waals surface area contributed by atoms with E-state index in [2.05, 4.69) is 25.1 Å². The number of oxime groups is 1. The summed E-state index contributed by atoms with van der Waals surface area (Å²) >= 11 is 0. The lowest BCUT2D eigenvalue weighted by atomic mass is 9.47. The SMILES string of the molecule is C[C@]12CC[C@@H]3[C@@H](CCC4=C/C(=N\OCC(=O)N5CCC[C@@H]5C(=O)O)CC[C@@]43C)[C@@H]1CC[C@@H]2O. The molecule has 0 aromatic rings. The van der Waals surface area contributed by atoms with Crippen molar-refractivity contribution in [2.24, 2.45) is 33.7 Å². The normalized spacial score (nSPS) is 43.5. The number of aliphatic hydroxyl groups is 1. The first-order valence-corrected chi connectivity index (χ1v) is 12.8. The number of likely N-dealkylation sites (tertiary alicyclic amines) is 1. The third-order valence-electron chi connectivity index (χ3n) is 10.2. The number of allylic oxidation sites excluding steroid dienone is 2. The number of carbonyl (C=O) groups is 2. The molecule has 1 saturated heterocycles. The van der Waals surface area contributed by atoms with Crippen LogP contribution in [0.25, 0.3) is 0 Å². The zero-order valence-corrected chi connectivity index (χ0v) is 20.0.